The molecule has 2 saturated heterocycles. The van der Waals surface area contributed by atoms with Gasteiger partial charge in [0.25, 0.3) is 0 Å². The molecule has 1 atom stereocenters. The largest absolute Gasteiger partial charge is 0.377 e. The van der Waals surface area contributed by atoms with Gasteiger partial charge in [-0.05, 0) is 62.7 Å². The number of amides is 1. The van der Waals surface area contributed by atoms with Crippen LogP contribution in [0.3, 0.4) is 0 Å². The Hall–Kier alpha value is -1.66. The first-order valence-electron chi connectivity index (χ1n) is 11.5. The van der Waals surface area contributed by atoms with E-state index in [0.29, 0.717) is 21.0 Å². The molecule has 4 rings (SSSR count). The van der Waals surface area contributed by atoms with Crippen LogP contribution in [0.25, 0.3) is 0 Å². The maximum Gasteiger partial charge on any atom is 0.225 e. The maximum atomic E-state index is 12.9. The topological polar surface area (TPSA) is 38.8 Å². The fourth-order valence-corrected chi connectivity index (χ4v) is 5.40. The molecule has 2 aromatic carbocycles. The van der Waals surface area contributed by atoms with Crippen molar-refractivity contribution in [2.24, 2.45) is 5.92 Å². The van der Waals surface area contributed by atoms with Gasteiger partial charge in [0, 0.05) is 60.9 Å². The van der Waals surface area contributed by atoms with Crippen molar-refractivity contribution in [1.29, 1.82) is 0 Å². The van der Waals surface area contributed by atoms with Crippen LogP contribution in [-0.2, 0) is 4.79 Å². The second-order valence-corrected chi connectivity index (χ2v) is 10.3. The SMILES string of the molecule is CC(Nc1cc(N2CCC(C(=O)N3CCN(C)CC3)CC2)ccc1Cl)c1ccc(Cl)cc1Cl. The van der Waals surface area contributed by atoms with E-state index in [9.17, 15) is 4.79 Å². The normalized spacial score (nSPS) is 18.9. The van der Waals surface area contributed by atoms with Gasteiger partial charge in [0.2, 0.25) is 5.91 Å². The molecule has 8 heteroatoms. The van der Waals surface area contributed by atoms with E-state index in [2.05, 4.69) is 34.3 Å². The van der Waals surface area contributed by atoms with Gasteiger partial charge in [-0.25, -0.2) is 0 Å². The van der Waals surface area contributed by atoms with Gasteiger partial charge in [-0.3, -0.25) is 4.79 Å². The molecule has 33 heavy (non-hydrogen) atoms. The molecular formula is C25H31Cl3N4O. The zero-order valence-electron chi connectivity index (χ0n) is 19.2. The zero-order chi connectivity index (χ0) is 23.5. The predicted octanol–water partition coefficient (Wildman–Crippen LogP) is 5.81. The van der Waals surface area contributed by atoms with Crippen molar-refractivity contribution in [3.05, 3.63) is 57.0 Å². The molecule has 2 aliphatic heterocycles. The van der Waals surface area contributed by atoms with Gasteiger partial charge in [0.15, 0.2) is 0 Å². The van der Waals surface area contributed by atoms with Crippen molar-refractivity contribution < 1.29 is 4.79 Å². The van der Waals surface area contributed by atoms with Crippen LogP contribution in [0, 0.1) is 5.92 Å². The highest BCUT2D eigenvalue weighted by Gasteiger charge is 2.30. The molecule has 0 aliphatic carbocycles. The number of piperidine rings is 1. The number of nitrogens with one attached hydrogen (secondary N) is 1. The number of halogens is 3. The quantitative estimate of drug-likeness (QED) is 0.552. The number of hydrogen-bond acceptors (Lipinski definition) is 4. The fourth-order valence-electron chi connectivity index (χ4n) is 4.65. The second kappa shape index (κ2) is 10.7. The molecule has 5 nitrogen and oxygen atoms in total. The number of nitrogens with zero attached hydrogens (tertiary/aromatic N) is 3. The standard InChI is InChI=1S/C25H31Cl3N4O/c1-17(21-5-3-19(26)15-23(21)28)29-24-16-20(4-6-22(24)27)31-9-7-18(8-10-31)25(33)32-13-11-30(2)12-14-32/h3-6,15-18,29H,7-14H2,1-2H3. The summed E-state index contributed by atoms with van der Waals surface area (Å²) >= 11 is 18.9. The van der Waals surface area contributed by atoms with E-state index in [-0.39, 0.29) is 12.0 Å². The van der Waals surface area contributed by atoms with Gasteiger partial charge < -0.3 is 20.0 Å². The van der Waals surface area contributed by atoms with E-state index in [1.54, 1.807) is 6.07 Å². The summed E-state index contributed by atoms with van der Waals surface area (Å²) in [7, 11) is 2.11. The third-order valence-corrected chi connectivity index (χ3v) is 7.67. The lowest BCUT2D eigenvalue weighted by Crippen LogP contribution is -2.50. The van der Waals surface area contributed by atoms with Crippen molar-refractivity contribution in [2.45, 2.75) is 25.8 Å². The molecule has 2 aliphatic rings. The Morgan fingerprint density at radius 3 is 2.30 bits per heavy atom. The first kappa shape index (κ1) is 24.5. The van der Waals surface area contributed by atoms with Crippen LogP contribution in [0.4, 0.5) is 11.4 Å². The van der Waals surface area contributed by atoms with E-state index in [0.717, 1.165) is 69.0 Å². The smallest absolute Gasteiger partial charge is 0.225 e. The van der Waals surface area contributed by atoms with Gasteiger partial charge in [-0.1, -0.05) is 40.9 Å². The lowest BCUT2D eigenvalue weighted by Gasteiger charge is -2.38. The monoisotopic (exact) mass is 508 g/mol. The van der Waals surface area contributed by atoms with Crippen molar-refractivity contribution in [3.63, 3.8) is 0 Å². The third kappa shape index (κ3) is 5.89. The Bertz CT molecular complexity index is 986. The summed E-state index contributed by atoms with van der Waals surface area (Å²) in [6.07, 6.45) is 1.76. The maximum absolute atomic E-state index is 12.9. The van der Waals surface area contributed by atoms with E-state index in [1.807, 2.05) is 30.0 Å². The summed E-state index contributed by atoms with van der Waals surface area (Å²) in [6, 6.07) is 11.6. The van der Waals surface area contributed by atoms with Crippen LogP contribution >= 0.6 is 34.8 Å². The molecule has 0 aromatic heterocycles. The summed E-state index contributed by atoms with van der Waals surface area (Å²) in [5, 5.41) is 5.39. The Morgan fingerprint density at radius 2 is 1.64 bits per heavy atom. The van der Waals surface area contributed by atoms with Gasteiger partial charge in [-0.2, -0.15) is 0 Å². The van der Waals surface area contributed by atoms with Crippen molar-refractivity contribution >= 4 is 52.1 Å². The van der Waals surface area contributed by atoms with Gasteiger partial charge in [0.1, 0.15) is 0 Å². The van der Waals surface area contributed by atoms with Gasteiger partial charge >= 0.3 is 0 Å². The molecule has 2 heterocycles. The Balaban J connectivity index is 1.38. The summed E-state index contributed by atoms with van der Waals surface area (Å²) in [4.78, 5) is 19.6. The molecule has 1 amide bonds. The Kier molecular flexibility index (Phi) is 7.95. The van der Waals surface area contributed by atoms with Crippen molar-refractivity contribution in [3.8, 4) is 0 Å². The second-order valence-electron chi connectivity index (χ2n) is 9.09. The molecule has 0 radical (unpaired) electrons. The lowest BCUT2D eigenvalue weighted by molar-refractivity contribution is -0.137. The van der Waals surface area contributed by atoms with Crippen LogP contribution in [0.5, 0.6) is 0 Å². The van der Waals surface area contributed by atoms with Crippen molar-refractivity contribution in [2.75, 3.05) is 56.5 Å². The molecular weight excluding hydrogens is 479 g/mol. The number of rotatable bonds is 5. The minimum Gasteiger partial charge on any atom is -0.377 e. The predicted molar refractivity (Wildman–Crippen MR) is 139 cm³/mol. The summed E-state index contributed by atoms with van der Waals surface area (Å²) in [6.45, 7) is 7.39. The summed E-state index contributed by atoms with van der Waals surface area (Å²) in [5.74, 6) is 0.455. The molecule has 1 unspecified atom stereocenters. The first-order valence-corrected chi connectivity index (χ1v) is 12.7. The van der Waals surface area contributed by atoms with Crippen LogP contribution in [0.1, 0.15) is 31.4 Å². The van der Waals surface area contributed by atoms with Crippen LogP contribution < -0.4 is 10.2 Å². The van der Waals surface area contributed by atoms with Crippen LogP contribution in [-0.4, -0.2) is 62.0 Å². The molecule has 0 saturated carbocycles. The molecule has 2 fully saturated rings. The van der Waals surface area contributed by atoms with Gasteiger partial charge in [0.05, 0.1) is 16.8 Å². The number of likely N-dealkylation sites (N-methyl/N-ethyl adjacent to an activating group) is 1. The Morgan fingerprint density at radius 1 is 0.939 bits per heavy atom. The van der Waals surface area contributed by atoms with Crippen LogP contribution in [0.2, 0.25) is 15.1 Å². The van der Waals surface area contributed by atoms with E-state index in [1.165, 1.54) is 0 Å². The van der Waals surface area contributed by atoms with E-state index in [4.69, 9.17) is 34.8 Å². The Labute approximate surface area is 211 Å². The molecule has 1 N–H and O–H groups in total. The molecule has 0 spiro atoms. The highest BCUT2D eigenvalue weighted by atomic mass is 35.5. The summed E-state index contributed by atoms with van der Waals surface area (Å²) < 4.78 is 0. The highest BCUT2D eigenvalue weighted by molar-refractivity contribution is 6.35. The minimum absolute atomic E-state index is 0.0329. The molecule has 178 valence electrons. The molecule has 0 bridgehead atoms. The number of anilines is 2. The number of piperazine rings is 1. The fraction of sp³-hybridized carbons (Fsp3) is 0.480. The lowest BCUT2D eigenvalue weighted by atomic mass is 9.94. The first-order chi connectivity index (χ1) is 15.8. The van der Waals surface area contributed by atoms with E-state index >= 15 is 0 Å². The number of benzene rings is 2. The number of carbonyl (C=O) groups excluding carboxylic acids is 1. The van der Waals surface area contributed by atoms with Gasteiger partial charge in [-0.15, -0.1) is 0 Å². The van der Waals surface area contributed by atoms with Crippen LogP contribution in [0.15, 0.2) is 36.4 Å². The van der Waals surface area contributed by atoms with Crippen molar-refractivity contribution in [1.82, 2.24) is 9.80 Å². The zero-order valence-corrected chi connectivity index (χ0v) is 21.4. The molecule has 2 aromatic rings. The third-order valence-electron chi connectivity index (χ3n) is 6.78. The number of carbonyl (C=O) groups is 1. The average molecular weight is 510 g/mol. The average Bonchev–Trinajstić information content (AvgIpc) is 2.80. The minimum atomic E-state index is -0.0329. The number of hydrogen-bond donors (Lipinski definition) is 1. The van der Waals surface area contributed by atoms with E-state index < -0.39 is 0 Å². The summed E-state index contributed by atoms with van der Waals surface area (Å²) in [5.41, 5.74) is 2.94. The highest BCUT2D eigenvalue weighted by Crippen LogP contribution is 2.34.